The molecule has 0 aromatic carbocycles. The number of hydrogen-bond donors (Lipinski definition) is 4. The number of carboxylic acid groups (broad SMARTS) is 1. The lowest BCUT2D eigenvalue weighted by Crippen LogP contribution is -2.52. The number of urea groups is 2. The van der Waals surface area contributed by atoms with Crippen molar-refractivity contribution in [3.05, 3.63) is 0 Å². The van der Waals surface area contributed by atoms with E-state index in [4.69, 9.17) is 10.8 Å². The van der Waals surface area contributed by atoms with Gasteiger partial charge in [0.1, 0.15) is 0 Å². The first-order valence-corrected chi connectivity index (χ1v) is 5.95. The molecule has 0 heterocycles. The van der Waals surface area contributed by atoms with Crippen LogP contribution in [0.5, 0.6) is 0 Å². The third-order valence-corrected chi connectivity index (χ3v) is 2.30. The van der Waals surface area contributed by atoms with E-state index >= 15 is 0 Å². The summed E-state index contributed by atoms with van der Waals surface area (Å²) < 4.78 is 0. The summed E-state index contributed by atoms with van der Waals surface area (Å²) >= 11 is 0. The van der Waals surface area contributed by atoms with Crippen LogP contribution in [-0.4, -0.2) is 53.2 Å². The van der Waals surface area contributed by atoms with Crippen molar-refractivity contribution in [1.29, 1.82) is 0 Å². The molecule has 0 bridgehead atoms. The smallest absolute Gasteiger partial charge is 0.317 e. The standard InChI is InChI=1S/C11H22N4O4/c1-11(2,3)15(7-4-8(16)17)10(19)14-6-5-13-9(12)18/h4-7H2,1-3H3,(H,14,19)(H,16,17)(H3,12,13,18). The van der Waals surface area contributed by atoms with Crippen LogP contribution in [0.15, 0.2) is 0 Å². The fourth-order valence-electron chi connectivity index (χ4n) is 1.40. The highest BCUT2D eigenvalue weighted by molar-refractivity contribution is 5.76. The summed E-state index contributed by atoms with van der Waals surface area (Å²) in [6.45, 7) is 6.01. The molecule has 0 unspecified atom stereocenters. The number of rotatable bonds is 6. The lowest BCUT2D eigenvalue weighted by atomic mass is 10.1. The fourth-order valence-corrected chi connectivity index (χ4v) is 1.40. The summed E-state index contributed by atoms with van der Waals surface area (Å²) in [4.78, 5) is 34.4. The van der Waals surface area contributed by atoms with Crippen molar-refractivity contribution >= 4 is 18.0 Å². The lowest BCUT2D eigenvalue weighted by Gasteiger charge is -2.35. The van der Waals surface area contributed by atoms with Crippen LogP contribution in [0.25, 0.3) is 0 Å². The Morgan fingerprint density at radius 1 is 1.16 bits per heavy atom. The highest BCUT2D eigenvalue weighted by Gasteiger charge is 2.26. The molecule has 0 saturated carbocycles. The number of amides is 4. The highest BCUT2D eigenvalue weighted by atomic mass is 16.4. The van der Waals surface area contributed by atoms with Gasteiger partial charge in [-0.2, -0.15) is 0 Å². The SMILES string of the molecule is CC(C)(C)N(CCC(=O)O)C(=O)NCCNC(N)=O. The van der Waals surface area contributed by atoms with Crippen molar-refractivity contribution in [3.63, 3.8) is 0 Å². The second kappa shape index (κ2) is 7.45. The number of nitrogens with one attached hydrogen (secondary N) is 2. The van der Waals surface area contributed by atoms with Gasteiger partial charge in [0.15, 0.2) is 0 Å². The Kier molecular flexibility index (Phi) is 6.67. The zero-order chi connectivity index (χ0) is 15.1. The Balaban J connectivity index is 4.31. The van der Waals surface area contributed by atoms with Gasteiger partial charge in [-0.25, -0.2) is 9.59 Å². The van der Waals surface area contributed by atoms with Gasteiger partial charge in [-0.05, 0) is 20.8 Å². The maximum Gasteiger partial charge on any atom is 0.317 e. The molecular weight excluding hydrogens is 252 g/mol. The van der Waals surface area contributed by atoms with Crippen molar-refractivity contribution in [1.82, 2.24) is 15.5 Å². The predicted octanol–water partition coefficient (Wildman–Crippen LogP) is -0.0605. The van der Waals surface area contributed by atoms with Gasteiger partial charge in [0.05, 0.1) is 6.42 Å². The second-order valence-electron chi connectivity index (χ2n) is 4.99. The van der Waals surface area contributed by atoms with Crippen molar-refractivity contribution in [3.8, 4) is 0 Å². The summed E-state index contributed by atoms with van der Waals surface area (Å²) in [6.07, 6.45) is -0.121. The van der Waals surface area contributed by atoms with Crippen LogP contribution < -0.4 is 16.4 Å². The first-order valence-electron chi connectivity index (χ1n) is 5.95. The number of hydrogen-bond acceptors (Lipinski definition) is 3. The van der Waals surface area contributed by atoms with E-state index in [1.54, 1.807) is 0 Å². The van der Waals surface area contributed by atoms with Crippen LogP contribution in [0.4, 0.5) is 9.59 Å². The number of aliphatic carboxylic acids is 1. The molecule has 8 heteroatoms. The Hall–Kier alpha value is -1.99. The molecule has 110 valence electrons. The molecule has 0 aromatic rings. The Labute approximate surface area is 112 Å². The van der Waals surface area contributed by atoms with Crippen LogP contribution in [0, 0.1) is 0 Å². The van der Waals surface area contributed by atoms with E-state index in [0.29, 0.717) is 0 Å². The summed E-state index contributed by atoms with van der Waals surface area (Å²) in [5, 5.41) is 13.6. The monoisotopic (exact) mass is 274 g/mol. The minimum atomic E-state index is -0.961. The van der Waals surface area contributed by atoms with E-state index in [9.17, 15) is 14.4 Å². The molecule has 8 nitrogen and oxygen atoms in total. The number of carboxylic acids is 1. The van der Waals surface area contributed by atoms with Crippen molar-refractivity contribution < 1.29 is 19.5 Å². The molecule has 0 atom stereocenters. The summed E-state index contributed by atoms with van der Waals surface area (Å²) in [5.41, 5.74) is 4.39. The van der Waals surface area contributed by atoms with E-state index in [2.05, 4.69) is 10.6 Å². The third kappa shape index (κ3) is 7.85. The quantitative estimate of drug-likeness (QED) is 0.506. The van der Waals surface area contributed by atoms with Crippen LogP contribution in [0.2, 0.25) is 0 Å². The van der Waals surface area contributed by atoms with Gasteiger partial charge >= 0.3 is 18.0 Å². The van der Waals surface area contributed by atoms with Crippen LogP contribution in [0.1, 0.15) is 27.2 Å². The number of nitrogens with two attached hydrogens (primary N) is 1. The number of nitrogens with zero attached hydrogens (tertiary/aromatic N) is 1. The van der Waals surface area contributed by atoms with Gasteiger partial charge in [0.2, 0.25) is 0 Å². The van der Waals surface area contributed by atoms with E-state index in [1.807, 2.05) is 20.8 Å². The molecule has 5 N–H and O–H groups in total. The highest BCUT2D eigenvalue weighted by Crippen LogP contribution is 2.13. The molecule has 4 amide bonds. The molecule has 0 fully saturated rings. The molecule has 0 aliphatic carbocycles. The van der Waals surface area contributed by atoms with Gasteiger partial charge in [-0.15, -0.1) is 0 Å². The normalized spacial score (nSPS) is 10.7. The van der Waals surface area contributed by atoms with E-state index in [-0.39, 0.29) is 32.1 Å². The minimum absolute atomic E-state index is 0.119. The van der Waals surface area contributed by atoms with Crippen molar-refractivity contribution in [2.24, 2.45) is 5.73 Å². The fraction of sp³-hybridized carbons (Fsp3) is 0.727. The average molecular weight is 274 g/mol. The van der Waals surface area contributed by atoms with E-state index < -0.39 is 17.5 Å². The predicted molar refractivity (Wildman–Crippen MR) is 69.7 cm³/mol. The minimum Gasteiger partial charge on any atom is -0.481 e. The van der Waals surface area contributed by atoms with Crippen LogP contribution in [-0.2, 0) is 4.79 Å². The summed E-state index contributed by atoms with van der Waals surface area (Å²) in [5.74, 6) is -0.961. The molecule has 0 rings (SSSR count). The second-order valence-corrected chi connectivity index (χ2v) is 4.99. The Bertz CT molecular complexity index is 338. The summed E-state index contributed by atoms with van der Waals surface area (Å²) in [6, 6.07) is -1.03. The van der Waals surface area contributed by atoms with Gasteiger partial charge in [-0.1, -0.05) is 0 Å². The van der Waals surface area contributed by atoms with Gasteiger partial charge in [0.25, 0.3) is 0 Å². The Morgan fingerprint density at radius 2 is 1.68 bits per heavy atom. The number of carbonyl (C=O) groups is 3. The van der Waals surface area contributed by atoms with Gasteiger partial charge in [0, 0.05) is 25.2 Å². The lowest BCUT2D eigenvalue weighted by molar-refractivity contribution is -0.137. The largest absolute Gasteiger partial charge is 0.481 e. The number of primary amides is 1. The third-order valence-electron chi connectivity index (χ3n) is 2.30. The maximum atomic E-state index is 11.9. The van der Waals surface area contributed by atoms with Crippen molar-refractivity contribution in [2.45, 2.75) is 32.7 Å². The zero-order valence-corrected chi connectivity index (χ0v) is 11.5. The molecule has 0 aromatic heterocycles. The van der Waals surface area contributed by atoms with Gasteiger partial charge < -0.3 is 26.4 Å². The first-order chi connectivity index (χ1) is 8.64. The first kappa shape index (κ1) is 17.0. The zero-order valence-electron chi connectivity index (χ0n) is 11.5. The molecule has 0 aliphatic heterocycles. The van der Waals surface area contributed by atoms with E-state index in [1.165, 1.54) is 4.90 Å². The van der Waals surface area contributed by atoms with Crippen LogP contribution in [0.3, 0.4) is 0 Å². The van der Waals surface area contributed by atoms with Crippen LogP contribution >= 0.6 is 0 Å². The molecule has 0 aliphatic rings. The maximum absolute atomic E-state index is 11.9. The topological polar surface area (TPSA) is 125 Å². The molecule has 0 saturated heterocycles. The van der Waals surface area contributed by atoms with Crippen molar-refractivity contribution in [2.75, 3.05) is 19.6 Å². The van der Waals surface area contributed by atoms with Gasteiger partial charge in [-0.3, -0.25) is 4.79 Å². The molecule has 0 spiro atoms. The molecular formula is C11H22N4O4. The average Bonchev–Trinajstić information content (AvgIpc) is 2.22. The number of carbonyl (C=O) groups excluding carboxylic acids is 2. The Morgan fingerprint density at radius 3 is 2.11 bits per heavy atom. The summed E-state index contributed by atoms with van der Waals surface area (Å²) in [7, 11) is 0. The molecule has 19 heavy (non-hydrogen) atoms. The molecule has 0 radical (unpaired) electrons. The van der Waals surface area contributed by atoms with E-state index in [0.717, 1.165) is 0 Å².